The summed E-state index contributed by atoms with van der Waals surface area (Å²) in [6.45, 7) is 2.31. The molecule has 0 aliphatic heterocycles. The Balaban J connectivity index is 2.15. The monoisotopic (exact) mass is 316 g/mol. The zero-order valence-electron chi connectivity index (χ0n) is 11.1. The molecule has 0 aliphatic carbocycles. The predicted octanol–water partition coefficient (Wildman–Crippen LogP) is 3.97. The number of aromatic nitrogens is 3. The molecule has 6 heteroatoms. The van der Waals surface area contributed by atoms with Crippen molar-refractivity contribution in [2.75, 3.05) is 0 Å². The summed E-state index contributed by atoms with van der Waals surface area (Å²) in [4.78, 5) is 4.32. The van der Waals surface area contributed by atoms with Gasteiger partial charge in [-0.1, -0.05) is 29.3 Å². The SMILES string of the molecule is Cc1nn(Cc2c(Cl)cccc2Cl)c2nc(C#N)ccc12. The van der Waals surface area contributed by atoms with Crippen molar-refractivity contribution in [2.45, 2.75) is 13.5 Å². The zero-order valence-corrected chi connectivity index (χ0v) is 12.7. The summed E-state index contributed by atoms with van der Waals surface area (Å²) in [7, 11) is 0. The summed E-state index contributed by atoms with van der Waals surface area (Å²) in [5.74, 6) is 0. The van der Waals surface area contributed by atoms with Crippen LogP contribution >= 0.6 is 23.2 Å². The van der Waals surface area contributed by atoms with Gasteiger partial charge in [0.1, 0.15) is 11.8 Å². The highest BCUT2D eigenvalue weighted by molar-refractivity contribution is 6.36. The molecular weight excluding hydrogens is 307 g/mol. The van der Waals surface area contributed by atoms with Gasteiger partial charge >= 0.3 is 0 Å². The fraction of sp³-hybridized carbons (Fsp3) is 0.133. The molecule has 0 saturated carbocycles. The van der Waals surface area contributed by atoms with Gasteiger partial charge in [0.15, 0.2) is 5.65 Å². The van der Waals surface area contributed by atoms with Crippen LogP contribution in [0, 0.1) is 18.3 Å². The first-order valence-electron chi connectivity index (χ1n) is 6.27. The Hall–Kier alpha value is -2.09. The number of rotatable bonds is 2. The van der Waals surface area contributed by atoms with Crippen LogP contribution in [0.2, 0.25) is 10.0 Å². The number of benzene rings is 1. The number of hydrogen-bond donors (Lipinski definition) is 0. The third-order valence-electron chi connectivity index (χ3n) is 3.26. The molecule has 0 fully saturated rings. The number of hydrogen-bond acceptors (Lipinski definition) is 3. The van der Waals surface area contributed by atoms with Crippen molar-refractivity contribution in [3.63, 3.8) is 0 Å². The maximum Gasteiger partial charge on any atom is 0.159 e. The molecule has 21 heavy (non-hydrogen) atoms. The summed E-state index contributed by atoms with van der Waals surface area (Å²) in [5, 5.41) is 15.5. The summed E-state index contributed by atoms with van der Waals surface area (Å²) < 4.78 is 1.72. The molecule has 0 aliphatic rings. The van der Waals surface area contributed by atoms with E-state index in [2.05, 4.69) is 10.1 Å². The van der Waals surface area contributed by atoms with Gasteiger partial charge < -0.3 is 0 Å². The average molecular weight is 317 g/mol. The highest BCUT2D eigenvalue weighted by Crippen LogP contribution is 2.26. The summed E-state index contributed by atoms with van der Waals surface area (Å²) in [6.07, 6.45) is 0. The van der Waals surface area contributed by atoms with Crippen molar-refractivity contribution in [3.8, 4) is 6.07 Å². The van der Waals surface area contributed by atoms with Gasteiger partial charge in [-0.25, -0.2) is 9.67 Å². The minimum Gasteiger partial charge on any atom is -0.242 e. The van der Waals surface area contributed by atoms with Gasteiger partial charge in [-0.05, 0) is 31.2 Å². The molecular formula is C15H10Cl2N4. The van der Waals surface area contributed by atoms with Crippen molar-refractivity contribution in [3.05, 3.63) is 57.3 Å². The quantitative estimate of drug-likeness (QED) is 0.719. The summed E-state index contributed by atoms with van der Waals surface area (Å²) in [5.41, 5.74) is 2.65. The molecule has 104 valence electrons. The molecule has 0 bridgehead atoms. The van der Waals surface area contributed by atoms with Gasteiger partial charge in [-0.15, -0.1) is 0 Å². The van der Waals surface area contributed by atoms with E-state index in [1.165, 1.54) is 0 Å². The van der Waals surface area contributed by atoms with Crippen LogP contribution in [0.25, 0.3) is 11.0 Å². The number of pyridine rings is 1. The van der Waals surface area contributed by atoms with Crippen LogP contribution in [-0.2, 0) is 6.54 Å². The van der Waals surface area contributed by atoms with E-state index in [0.29, 0.717) is 27.9 Å². The second-order valence-corrected chi connectivity index (χ2v) is 5.44. The molecule has 3 aromatic rings. The Kier molecular flexibility index (Phi) is 3.54. The maximum atomic E-state index is 8.99. The van der Waals surface area contributed by atoms with Crippen LogP contribution in [-0.4, -0.2) is 14.8 Å². The fourth-order valence-electron chi connectivity index (χ4n) is 2.22. The first kappa shape index (κ1) is 13.9. The standard InChI is InChI=1S/C15H10Cl2N4/c1-9-11-6-5-10(7-18)19-15(11)21(20-9)8-12-13(16)3-2-4-14(12)17/h2-6H,8H2,1H3. The molecule has 3 rings (SSSR count). The van der Waals surface area contributed by atoms with E-state index in [-0.39, 0.29) is 0 Å². The second-order valence-electron chi connectivity index (χ2n) is 4.62. The topological polar surface area (TPSA) is 54.5 Å². The van der Waals surface area contributed by atoms with Crippen LogP contribution in [0.15, 0.2) is 30.3 Å². The van der Waals surface area contributed by atoms with Crippen molar-refractivity contribution in [2.24, 2.45) is 0 Å². The van der Waals surface area contributed by atoms with Gasteiger partial charge in [0, 0.05) is 21.0 Å². The van der Waals surface area contributed by atoms with E-state index in [9.17, 15) is 0 Å². The van der Waals surface area contributed by atoms with Gasteiger partial charge in [0.25, 0.3) is 0 Å². The van der Waals surface area contributed by atoms with Crippen molar-refractivity contribution in [1.82, 2.24) is 14.8 Å². The highest BCUT2D eigenvalue weighted by Gasteiger charge is 2.13. The Labute approximate surface area is 131 Å². The van der Waals surface area contributed by atoms with Gasteiger partial charge in [-0.3, -0.25) is 0 Å². The van der Waals surface area contributed by atoms with Crippen molar-refractivity contribution >= 4 is 34.2 Å². The van der Waals surface area contributed by atoms with E-state index in [1.54, 1.807) is 28.9 Å². The fourth-order valence-corrected chi connectivity index (χ4v) is 2.73. The smallest absolute Gasteiger partial charge is 0.159 e. The molecule has 0 saturated heterocycles. The van der Waals surface area contributed by atoms with E-state index >= 15 is 0 Å². The first-order valence-corrected chi connectivity index (χ1v) is 7.03. The molecule has 0 radical (unpaired) electrons. The third kappa shape index (κ3) is 2.46. The highest BCUT2D eigenvalue weighted by atomic mass is 35.5. The van der Waals surface area contributed by atoms with E-state index in [0.717, 1.165) is 16.6 Å². The zero-order chi connectivity index (χ0) is 15.0. The Bertz CT molecular complexity index is 857. The lowest BCUT2D eigenvalue weighted by Gasteiger charge is -2.07. The van der Waals surface area contributed by atoms with Crippen molar-refractivity contribution in [1.29, 1.82) is 5.26 Å². The van der Waals surface area contributed by atoms with E-state index in [4.69, 9.17) is 28.5 Å². The van der Waals surface area contributed by atoms with Crippen LogP contribution in [0.4, 0.5) is 0 Å². The van der Waals surface area contributed by atoms with Crippen LogP contribution < -0.4 is 0 Å². The molecule has 4 nitrogen and oxygen atoms in total. The van der Waals surface area contributed by atoms with Crippen molar-refractivity contribution < 1.29 is 0 Å². The summed E-state index contributed by atoms with van der Waals surface area (Å²) >= 11 is 12.4. The number of nitrogens with zero attached hydrogens (tertiary/aromatic N) is 4. The third-order valence-corrected chi connectivity index (χ3v) is 3.97. The number of nitriles is 1. The average Bonchev–Trinajstić information content (AvgIpc) is 2.79. The molecule has 0 N–H and O–H groups in total. The van der Waals surface area contributed by atoms with Gasteiger partial charge in [0.2, 0.25) is 0 Å². The molecule has 2 heterocycles. The van der Waals surface area contributed by atoms with Crippen LogP contribution in [0.1, 0.15) is 17.0 Å². The second kappa shape index (κ2) is 5.36. The molecule has 1 aromatic carbocycles. The van der Waals surface area contributed by atoms with Crippen LogP contribution in [0.3, 0.4) is 0 Å². The Morgan fingerprint density at radius 3 is 2.57 bits per heavy atom. The van der Waals surface area contributed by atoms with E-state index < -0.39 is 0 Å². The summed E-state index contributed by atoms with van der Waals surface area (Å²) in [6, 6.07) is 10.9. The minimum absolute atomic E-state index is 0.355. The molecule has 0 atom stereocenters. The molecule has 2 aromatic heterocycles. The van der Waals surface area contributed by atoms with Gasteiger partial charge in [0.05, 0.1) is 12.2 Å². The largest absolute Gasteiger partial charge is 0.242 e. The Morgan fingerprint density at radius 2 is 1.90 bits per heavy atom. The number of halogens is 2. The molecule has 0 unspecified atom stereocenters. The lowest BCUT2D eigenvalue weighted by atomic mass is 10.2. The predicted molar refractivity (Wildman–Crippen MR) is 82.5 cm³/mol. The van der Waals surface area contributed by atoms with Crippen LogP contribution in [0.5, 0.6) is 0 Å². The maximum absolute atomic E-state index is 8.99. The lowest BCUT2D eigenvalue weighted by molar-refractivity contribution is 0.696. The minimum atomic E-state index is 0.355. The number of fused-ring (bicyclic) bond motifs is 1. The normalized spacial score (nSPS) is 10.8. The van der Waals surface area contributed by atoms with E-state index in [1.807, 2.05) is 19.1 Å². The first-order chi connectivity index (χ1) is 10.1. The molecule has 0 spiro atoms. The lowest BCUT2D eigenvalue weighted by Crippen LogP contribution is -2.04. The number of aryl methyl sites for hydroxylation is 1. The molecule has 0 amide bonds. The van der Waals surface area contributed by atoms with Gasteiger partial charge in [-0.2, -0.15) is 10.4 Å². The Morgan fingerprint density at radius 1 is 1.19 bits per heavy atom.